The molecule has 8 heteroatoms. The van der Waals surface area contributed by atoms with Gasteiger partial charge in [-0.25, -0.2) is 11.6 Å². The summed E-state index contributed by atoms with van der Waals surface area (Å²) in [5, 5.41) is 16.0. The summed E-state index contributed by atoms with van der Waals surface area (Å²) < 4.78 is 1.89. The normalized spacial score (nSPS) is 23.7. The zero-order valence-corrected chi connectivity index (χ0v) is 20.7. The second-order valence-corrected chi connectivity index (χ2v) is 10.9. The molecule has 0 spiro atoms. The summed E-state index contributed by atoms with van der Waals surface area (Å²) in [6.45, 7) is 10.8. The highest BCUT2D eigenvalue weighted by Crippen LogP contribution is 2.33. The Labute approximate surface area is 211 Å². The summed E-state index contributed by atoms with van der Waals surface area (Å²) in [6, 6.07) is 6.38. The number of fused-ring (bicyclic) bond motifs is 3. The summed E-state index contributed by atoms with van der Waals surface area (Å²) in [6.07, 6.45) is 8.85. The number of aliphatic hydroxyl groups is 1. The molecule has 0 unspecified atom stereocenters. The van der Waals surface area contributed by atoms with Crippen molar-refractivity contribution in [2.45, 2.75) is 76.1 Å². The predicted molar refractivity (Wildman–Crippen MR) is 141 cm³/mol. The summed E-state index contributed by atoms with van der Waals surface area (Å²) in [5.74, 6) is 1.28. The lowest BCUT2D eigenvalue weighted by Gasteiger charge is -2.29. The Morgan fingerprint density at radius 2 is 1.81 bits per heavy atom. The molecule has 8 nitrogen and oxygen atoms in total. The van der Waals surface area contributed by atoms with Gasteiger partial charge in [0.15, 0.2) is 0 Å². The van der Waals surface area contributed by atoms with E-state index >= 15 is 0 Å². The minimum Gasteiger partial charge on any atom is -0.393 e. The van der Waals surface area contributed by atoms with Crippen molar-refractivity contribution in [3.63, 3.8) is 0 Å². The van der Waals surface area contributed by atoms with Crippen LogP contribution in [0.1, 0.15) is 63.0 Å². The van der Waals surface area contributed by atoms with Crippen LogP contribution in [0.2, 0.25) is 0 Å². The van der Waals surface area contributed by atoms with Crippen molar-refractivity contribution in [3.8, 4) is 0 Å². The molecule has 2 saturated carbocycles. The molecule has 36 heavy (non-hydrogen) atoms. The van der Waals surface area contributed by atoms with Gasteiger partial charge in [0.25, 0.3) is 5.56 Å². The molecule has 6 rings (SSSR count). The summed E-state index contributed by atoms with van der Waals surface area (Å²) in [4.78, 5) is 29.6. The lowest BCUT2D eigenvalue weighted by molar-refractivity contribution is 0.111. The number of aliphatic hydroxyl groups excluding tert-OH is 1. The number of likely N-dealkylation sites (tertiary alicyclic amines) is 1. The highest BCUT2D eigenvalue weighted by atomic mass is 16.3. The van der Waals surface area contributed by atoms with Gasteiger partial charge < -0.3 is 15.3 Å². The molecule has 0 atom stereocenters. The first-order valence-electron chi connectivity index (χ1n) is 13.4. The number of nitrogens with zero attached hydrogens (tertiary/aromatic N) is 5. The van der Waals surface area contributed by atoms with Crippen molar-refractivity contribution in [2.24, 2.45) is 5.92 Å². The maximum atomic E-state index is 14.0. The van der Waals surface area contributed by atoms with Crippen molar-refractivity contribution in [2.75, 3.05) is 25.0 Å². The van der Waals surface area contributed by atoms with E-state index in [4.69, 9.17) is 11.6 Å². The molecule has 0 amide bonds. The summed E-state index contributed by atoms with van der Waals surface area (Å²) >= 11 is 0. The highest BCUT2D eigenvalue weighted by Gasteiger charge is 2.27. The standard InChI is InChI=1S/C28H34N6O2/c1-29-20-10-12-33(13-11-20)17-19-4-9-23-24(14-19)27(36)34(21-5-7-22(35)8-6-21)26-25(23)16-31-28(32-26)30-15-18-2-3-18/h4,9,14,16,18,20-22,35H,2-3,5-8,10-13,15,17H2,(H,30,31,32). The molecule has 3 aromatic rings. The Morgan fingerprint density at radius 3 is 2.53 bits per heavy atom. The molecule has 1 saturated heterocycles. The zero-order chi connectivity index (χ0) is 24.6. The number of rotatable bonds is 6. The average Bonchev–Trinajstić information content (AvgIpc) is 3.74. The Hall–Kier alpha value is -3.02. The molecule has 1 aliphatic heterocycles. The van der Waals surface area contributed by atoms with Gasteiger partial charge in [-0.1, -0.05) is 12.1 Å². The number of benzene rings is 1. The molecule has 1 aromatic carbocycles. The first-order chi connectivity index (χ1) is 17.6. The van der Waals surface area contributed by atoms with E-state index < -0.39 is 0 Å². The van der Waals surface area contributed by atoms with Crippen LogP contribution in [0.15, 0.2) is 29.2 Å². The highest BCUT2D eigenvalue weighted by molar-refractivity contribution is 6.04. The van der Waals surface area contributed by atoms with Crippen molar-refractivity contribution < 1.29 is 5.11 Å². The van der Waals surface area contributed by atoms with Gasteiger partial charge in [-0.05, 0) is 61.5 Å². The minimum absolute atomic E-state index is 0.000651. The van der Waals surface area contributed by atoms with Crippen LogP contribution in [0.4, 0.5) is 5.95 Å². The Balaban J connectivity index is 1.39. The fourth-order valence-corrected chi connectivity index (χ4v) is 5.84. The molecule has 3 heterocycles. The average molecular weight is 487 g/mol. The number of piperidine rings is 1. The van der Waals surface area contributed by atoms with Crippen LogP contribution in [0, 0.1) is 12.5 Å². The van der Waals surface area contributed by atoms with Crippen molar-refractivity contribution in [1.29, 1.82) is 0 Å². The fraction of sp³-hybridized carbons (Fsp3) is 0.571. The largest absolute Gasteiger partial charge is 0.393 e. The fourth-order valence-electron chi connectivity index (χ4n) is 5.84. The number of hydrogen-bond donors (Lipinski definition) is 2. The van der Waals surface area contributed by atoms with Crippen molar-refractivity contribution in [3.05, 3.63) is 51.7 Å². The molecule has 2 aromatic heterocycles. The van der Waals surface area contributed by atoms with Crippen molar-refractivity contribution in [1.82, 2.24) is 19.4 Å². The second kappa shape index (κ2) is 9.79. The molecule has 2 aliphatic carbocycles. The van der Waals surface area contributed by atoms with E-state index in [1.807, 2.05) is 16.8 Å². The van der Waals surface area contributed by atoms with Gasteiger partial charge in [0.05, 0.1) is 6.10 Å². The molecular weight excluding hydrogens is 452 g/mol. The number of anilines is 1. The van der Waals surface area contributed by atoms with Gasteiger partial charge in [-0.15, -0.1) is 0 Å². The number of nitrogens with one attached hydrogen (secondary N) is 1. The van der Waals surface area contributed by atoms with Crippen LogP contribution in [-0.2, 0) is 6.54 Å². The maximum Gasteiger partial charge on any atom is 0.260 e. The van der Waals surface area contributed by atoms with E-state index in [9.17, 15) is 9.90 Å². The number of hydrogen-bond acceptors (Lipinski definition) is 6. The quantitative estimate of drug-likeness (QED) is 0.403. The van der Waals surface area contributed by atoms with E-state index in [2.05, 4.69) is 32.2 Å². The molecule has 3 aliphatic rings. The predicted octanol–water partition coefficient (Wildman–Crippen LogP) is 4.13. The van der Waals surface area contributed by atoms with Gasteiger partial charge >= 0.3 is 0 Å². The van der Waals surface area contributed by atoms with E-state index in [1.54, 1.807) is 0 Å². The van der Waals surface area contributed by atoms with Crippen LogP contribution >= 0.6 is 0 Å². The number of pyridine rings is 1. The molecular formula is C28H34N6O2. The smallest absolute Gasteiger partial charge is 0.260 e. The second-order valence-electron chi connectivity index (χ2n) is 10.9. The van der Waals surface area contributed by atoms with E-state index in [0.29, 0.717) is 35.7 Å². The summed E-state index contributed by atoms with van der Waals surface area (Å²) in [7, 11) is 0. The minimum atomic E-state index is -0.285. The number of aromatic nitrogens is 3. The maximum absolute atomic E-state index is 14.0. The molecule has 0 radical (unpaired) electrons. The van der Waals surface area contributed by atoms with Gasteiger partial charge in [0.1, 0.15) is 5.65 Å². The van der Waals surface area contributed by atoms with Crippen molar-refractivity contribution >= 4 is 27.8 Å². The summed E-state index contributed by atoms with van der Waals surface area (Å²) in [5.41, 5.74) is 1.81. The molecule has 2 N–H and O–H groups in total. The lowest BCUT2D eigenvalue weighted by Crippen LogP contribution is -2.34. The third-order valence-corrected chi connectivity index (χ3v) is 8.24. The van der Waals surface area contributed by atoms with Crippen LogP contribution in [0.5, 0.6) is 0 Å². The van der Waals surface area contributed by atoms with Crippen LogP contribution < -0.4 is 10.9 Å². The van der Waals surface area contributed by atoms with E-state index in [0.717, 1.165) is 68.2 Å². The van der Waals surface area contributed by atoms with Gasteiger partial charge in [-0.2, -0.15) is 4.98 Å². The zero-order valence-electron chi connectivity index (χ0n) is 20.7. The molecule has 3 fully saturated rings. The van der Waals surface area contributed by atoms with Crippen LogP contribution in [0.25, 0.3) is 26.7 Å². The Bertz CT molecular complexity index is 1360. The Morgan fingerprint density at radius 1 is 1.03 bits per heavy atom. The first kappa shape index (κ1) is 23.4. The Kier molecular flexibility index (Phi) is 6.36. The van der Waals surface area contributed by atoms with Gasteiger partial charge in [-0.3, -0.25) is 14.3 Å². The van der Waals surface area contributed by atoms with Gasteiger partial charge in [0, 0.05) is 62.0 Å². The topological polar surface area (TPSA) is 87.6 Å². The van der Waals surface area contributed by atoms with Crippen LogP contribution in [-0.4, -0.2) is 56.3 Å². The molecule has 188 valence electrons. The van der Waals surface area contributed by atoms with Gasteiger partial charge in [0.2, 0.25) is 12.0 Å². The monoisotopic (exact) mass is 486 g/mol. The first-order valence-corrected chi connectivity index (χ1v) is 13.4. The van der Waals surface area contributed by atoms with E-state index in [1.165, 1.54) is 12.8 Å². The van der Waals surface area contributed by atoms with E-state index in [-0.39, 0.29) is 23.7 Å². The van der Waals surface area contributed by atoms with Crippen LogP contribution in [0.3, 0.4) is 0 Å². The SMILES string of the molecule is [C-]#[N+]C1CCN(Cc2ccc3c(c2)c(=O)n(C2CCC(O)CC2)c2nc(NCC4CC4)ncc32)CC1. The lowest BCUT2D eigenvalue weighted by atomic mass is 9.92. The third-order valence-electron chi connectivity index (χ3n) is 8.24. The molecule has 0 bridgehead atoms. The third kappa shape index (κ3) is 4.70.